The van der Waals surface area contributed by atoms with Gasteiger partial charge in [-0.15, -0.1) is 0 Å². The van der Waals surface area contributed by atoms with Crippen LogP contribution in [0.25, 0.3) is 0 Å². The first-order valence-corrected chi connectivity index (χ1v) is 4.21. The van der Waals surface area contributed by atoms with Gasteiger partial charge in [-0.1, -0.05) is 0 Å². The quantitative estimate of drug-likeness (QED) is 0.654. The predicted molar refractivity (Wildman–Crippen MR) is 42.7 cm³/mol. The fourth-order valence-corrected chi connectivity index (χ4v) is 1.00. The fourth-order valence-electron chi connectivity index (χ4n) is 0.343. The molecule has 0 radical (unpaired) electrons. The number of ether oxygens (including phenoxy) is 1. The molecule has 0 saturated heterocycles. The lowest BCUT2D eigenvalue weighted by atomic mass is 10.8. The maximum absolute atomic E-state index is 11.5. The van der Waals surface area contributed by atoms with Crippen LogP contribution in [0.2, 0.25) is 0 Å². The van der Waals surface area contributed by atoms with Gasteiger partial charge in [0.25, 0.3) is 0 Å². The SMILES string of the molecule is CCOC(=S)CSC(F)(F)F. The van der Waals surface area contributed by atoms with Crippen LogP contribution in [-0.2, 0) is 4.74 Å². The summed E-state index contributed by atoms with van der Waals surface area (Å²) in [6.45, 7) is 1.99. The molecule has 0 unspecified atom stereocenters. The first-order valence-electron chi connectivity index (χ1n) is 2.82. The lowest BCUT2D eigenvalue weighted by Crippen LogP contribution is -2.09. The summed E-state index contributed by atoms with van der Waals surface area (Å²) in [5.41, 5.74) is -4.22. The summed E-state index contributed by atoms with van der Waals surface area (Å²) in [4.78, 5) is 0. The molecule has 0 aromatic rings. The molecule has 11 heavy (non-hydrogen) atoms. The van der Waals surface area contributed by atoms with Gasteiger partial charge in [-0.25, -0.2) is 0 Å². The molecule has 0 aliphatic heterocycles. The monoisotopic (exact) mass is 204 g/mol. The summed E-state index contributed by atoms with van der Waals surface area (Å²) in [6.07, 6.45) is 0. The summed E-state index contributed by atoms with van der Waals surface area (Å²) in [5, 5.41) is -0.00479. The highest BCUT2D eigenvalue weighted by molar-refractivity contribution is 8.01. The zero-order valence-electron chi connectivity index (χ0n) is 5.77. The summed E-state index contributed by atoms with van der Waals surface area (Å²) < 4.78 is 39.2. The number of rotatable bonds is 3. The van der Waals surface area contributed by atoms with Gasteiger partial charge in [0.15, 0.2) is 5.05 Å². The second-order valence-electron chi connectivity index (χ2n) is 1.54. The molecule has 0 amide bonds. The van der Waals surface area contributed by atoms with Crippen molar-refractivity contribution in [1.82, 2.24) is 0 Å². The summed E-state index contributed by atoms with van der Waals surface area (Å²) >= 11 is 4.29. The lowest BCUT2D eigenvalue weighted by Gasteiger charge is -2.06. The molecule has 0 heterocycles. The number of hydrogen-bond donors (Lipinski definition) is 0. The van der Waals surface area contributed by atoms with Crippen molar-refractivity contribution in [2.45, 2.75) is 12.4 Å². The van der Waals surface area contributed by atoms with E-state index >= 15 is 0 Å². The van der Waals surface area contributed by atoms with Crippen LogP contribution < -0.4 is 0 Å². The predicted octanol–water partition coefficient (Wildman–Crippen LogP) is 2.60. The molecule has 6 heteroatoms. The van der Waals surface area contributed by atoms with Crippen LogP contribution in [0.15, 0.2) is 0 Å². The number of hydrogen-bond acceptors (Lipinski definition) is 3. The van der Waals surface area contributed by atoms with E-state index in [1.54, 1.807) is 6.92 Å². The van der Waals surface area contributed by atoms with E-state index < -0.39 is 5.51 Å². The Kier molecular flexibility index (Phi) is 4.83. The second kappa shape index (κ2) is 4.82. The lowest BCUT2D eigenvalue weighted by molar-refractivity contribution is -0.0326. The van der Waals surface area contributed by atoms with Crippen LogP contribution in [0, 0.1) is 0 Å². The normalized spacial score (nSPS) is 11.3. The van der Waals surface area contributed by atoms with Crippen molar-refractivity contribution in [3.8, 4) is 0 Å². The van der Waals surface area contributed by atoms with E-state index in [1.165, 1.54) is 0 Å². The first kappa shape index (κ1) is 11.0. The second-order valence-corrected chi connectivity index (χ2v) is 3.04. The van der Waals surface area contributed by atoms with Crippen molar-refractivity contribution in [2.75, 3.05) is 12.4 Å². The average molecular weight is 204 g/mol. The Morgan fingerprint density at radius 2 is 2.09 bits per heavy atom. The molecule has 0 aliphatic rings. The summed E-state index contributed by atoms with van der Waals surface area (Å²) in [7, 11) is 0. The van der Waals surface area contributed by atoms with Gasteiger partial charge in [-0.05, 0) is 30.9 Å². The molecule has 0 bridgehead atoms. The molecular weight excluding hydrogens is 197 g/mol. The molecule has 0 aromatic carbocycles. The van der Waals surface area contributed by atoms with Crippen LogP contribution in [-0.4, -0.2) is 22.9 Å². The Labute approximate surface area is 72.3 Å². The Balaban J connectivity index is 3.46. The molecule has 0 spiro atoms. The van der Waals surface area contributed by atoms with Crippen molar-refractivity contribution in [3.05, 3.63) is 0 Å². The Hall–Kier alpha value is 0.0300. The Morgan fingerprint density at radius 3 is 2.45 bits per heavy atom. The first-order chi connectivity index (χ1) is 4.95. The molecule has 0 saturated carbocycles. The number of alkyl halides is 3. The van der Waals surface area contributed by atoms with Gasteiger partial charge in [0, 0.05) is 0 Å². The van der Waals surface area contributed by atoms with Gasteiger partial charge in [0.2, 0.25) is 0 Å². The number of thiocarbonyl (C=S) groups is 1. The number of halogens is 3. The van der Waals surface area contributed by atoms with Crippen molar-refractivity contribution < 1.29 is 17.9 Å². The number of thioether (sulfide) groups is 1. The highest BCUT2D eigenvalue weighted by Gasteiger charge is 2.28. The van der Waals surface area contributed by atoms with E-state index in [-0.39, 0.29) is 22.6 Å². The van der Waals surface area contributed by atoms with Crippen LogP contribution in [0.3, 0.4) is 0 Å². The van der Waals surface area contributed by atoms with Gasteiger partial charge in [-0.3, -0.25) is 0 Å². The smallest absolute Gasteiger partial charge is 0.442 e. The topological polar surface area (TPSA) is 9.23 Å². The third kappa shape index (κ3) is 7.93. The summed E-state index contributed by atoms with van der Waals surface area (Å²) in [5.74, 6) is -0.299. The minimum atomic E-state index is -4.22. The van der Waals surface area contributed by atoms with Crippen molar-refractivity contribution >= 4 is 29.0 Å². The third-order valence-corrected chi connectivity index (χ3v) is 1.84. The molecule has 0 aromatic heterocycles. The molecule has 0 aliphatic carbocycles. The van der Waals surface area contributed by atoms with Crippen molar-refractivity contribution in [2.24, 2.45) is 0 Å². The van der Waals surface area contributed by atoms with E-state index in [2.05, 4.69) is 17.0 Å². The molecule has 1 nitrogen and oxygen atoms in total. The van der Waals surface area contributed by atoms with Gasteiger partial charge in [-0.2, -0.15) is 13.2 Å². The van der Waals surface area contributed by atoms with E-state index in [0.29, 0.717) is 6.61 Å². The van der Waals surface area contributed by atoms with Gasteiger partial charge >= 0.3 is 5.51 Å². The zero-order valence-corrected chi connectivity index (χ0v) is 7.41. The Morgan fingerprint density at radius 1 is 1.55 bits per heavy atom. The van der Waals surface area contributed by atoms with E-state index in [9.17, 15) is 13.2 Å². The molecular formula is C5H7F3OS2. The molecule has 0 rings (SSSR count). The van der Waals surface area contributed by atoms with Crippen molar-refractivity contribution in [3.63, 3.8) is 0 Å². The highest BCUT2D eigenvalue weighted by Crippen LogP contribution is 2.29. The maximum Gasteiger partial charge on any atom is 0.442 e. The van der Waals surface area contributed by atoms with Crippen molar-refractivity contribution in [1.29, 1.82) is 0 Å². The van der Waals surface area contributed by atoms with Crippen LogP contribution in [0.5, 0.6) is 0 Å². The van der Waals surface area contributed by atoms with Crippen LogP contribution in [0.1, 0.15) is 6.92 Å². The van der Waals surface area contributed by atoms with Gasteiger partial charge in [0.05, 0.1) is 12.4 Å². The van der Waals surface area contributed by atoms with E-state index in [4.69, 9.17) is 0 Å². The molecule has 66 valence electrons. The highest BCUT2D eigenvalue weighted by atomic mass is 32.2. The van der Waals surface area contributed by atoms with Crippen LogP contribution in [0.4, 0.5) is 13.2 Å². The van der Waals surface area contributed by atoms with Gasteiger partial charge < -0.3 is 4.74 Å². The fraction of sp³-hybridized carbons (Fsp3) is 0.800. The minimum Gasteiger partial charge on any atom is -0.486 e. The zero-order chi connectivity index (χ0) is 8.91. The minimum absolute atomic E-state index is 0.00479. The maximum atomic E-state index is 11.5. The van der Waals surface area contributed by atoms with E-state index in [0.717, 1.165) is 0 Å². The standard InChI is InChI=1S/C5H7F3OS2/c1-2-9-4(10)3-11-5(6,7)8/h2-3H2,1H3. The summed E-state index contributed by atoms with van der Waals surface area (Å²) in [6, 6.07) is 0. The molecule has 0 atom stereocenters. The Bertz CT molecular complexity index is 134. The average Bonchev–Trinajstić information content (AvgIpc) is 1.83. The van der Waals surface area contributed by atoms with E-state index in [1.807, 2.05) is 0 Å². The molecule has 0 N–H and O–H groups in total. The van der Waals surface area contributed by atoms with Gasteiger partial charge in [0.1, 0.15) is 0 Å². The third-order valence-electron chi connectivity index (χ3n) is 0.659. The van der Waals surface area contributed by atoms with Crippen LogP contribution >= 0.6 is 24.0 Å². The molecule has 0 fully saturated rings. The largest absolute Gasteiger partial charge is 0.486 e.